The monoisotopic (exact) mass is 537 g/mol. The van der Waals surface area contributed by atoms with Crippen LogP contribution in [0, 0.1) is 23.0 Å². The number of hydrogen-bond donors (Lipinski definition) is 0. The maximum absolute atomic E-state index is 14.8. The van der Waals surface area contributed by atoms with Crippen LogP contribution in [0.25, 0.3) is 33.3 Å². The standard InChI is InChI=1S/C29H24F5N5/c1-38(2)20-10-12-39(13-11-20)28-36-25-9-8-17(26-22(29(32,33)34)4-3-5-23(26)30)14-21(25)27(37-28)18-6-7-19(16-35)24(31)15-18/h3-9,14-15,20H,10-13H2,1-2H3. The number of nitrogens with zero attached hydrogens (tertiary/aromatic N) is 5. The Labute approximate surface area is 222 Å². The van der Waals surface area contributed by atoms with Crippen molar-refractivity contribution in [3.8, 4) is 28.5 Å². The van der Waals surface area contributed by atoms with Gasteiger partial charge >= 0.3 is 6.18 Å². The minimum absolute atomic E-state index is 0.00793. The Balaban J connectivity index is 1.69. The zero-order valence-corrected chi connectivity index (χ0v) is 21.2. The summed E-state index contributed by atoms with van der Waals surface area (Å²) in [5.41, 5.74) is -0.822. The average molecular weight is 538 g/mol. The van der Waals surface area contributed by atoms with Crippen LogP contribution in [0.2, 0.25) is 0 Å². The summed E-state index contributed by atoms with van der Waals surface area (Å²) in [6.45, 7) is 1.38. The molecule has 0 aliphatic carbocycles. The van der Waals surface area contributed by atoms with Gasteiger partial charge in [0, 0.05) is 35.6 Å². The number of alkyl halides is 3. The Kier molecular flexibility index (Phi) is 6.95. The number of benzene rings is 3. The van der Waals surface area contributed by atoms with E-state index in [1.54, 1.807) is 6.07 Å². The Bertz CT molecular complexity index is 1580. The second kappa shape index (κ2) is 10.2. The van der Waals surface area contributed by atoms with Crippen LogP contribution in [0.1, 0.15) is 24.0 Å². The van der Waals surface area contributed by atoms with E-state index in [9.17, 15) is 22.0 Å². The molecule has 200 valence electrons. The smallest absolute Gasteiger partial charge is 0.341 e. The quantitative estimate of drug-likeness (QED) is 0.273. The van der Waals surface area contributed by atoms with Crippen LogP contribution in [-0.2, 0) is 6.18 Å². The van der Waals surface area contributed by atoms with Crippen LogP contribution in [0.15, 0.2) is 54.6 Å². The first-order chi connectivity index (χ1) is 18.6. The second-order valence-electron chi connectivity index (χ2n) is 9.75. The highest BCUT2D eigenvalue weighted by atomic mass is 19.4. The van der Waals surface area contributed by atoms with Gasteiger partial charge in [0.15, 0.2) is 0 Å². The lowest BCUT2D eigenvalue weighted by molar-refractivity contribution is -0.137. The van der Waals surface area contributed by atoms with E-state index >= 15 is 0 Å². The molecule has 0 saturated carbocycles. The van der Waals surface area contributed by atoms with Crippen molar-refractivity contribution in [1.29, 1.82) is 5.26 Å². The highest BCUT2D eigenvalue weighted by Gasteiger charge is 2.35. The van der Waals surface area contributed by atoms with E-state index in [0.717, 1.165) is 31.0 Å². The third kappa shape index (κ3) is 5.14. The normalized spacial score (nSPS) is 14.7. The van der Waals surface area contributed by atoms with Crippen molar-refractivity contribution in [2.75, 3.05) is 32.1 Å². The highest BCUT2D eigenvalue weighted by Crippen LogP contribution is 2.40. The van der Waals surface area contributed by atoms with Crippen LogP contribution in [-0.4, -0.2) is 48.1 Å². The Morgan fingerprint density at radius 3 is 2.28 bits per heavy atom. The number of piperidine rings is 1. The molecule has 1 aliphatic heterocycles. The summed E-state index contributed by atoms with van der Waals surface area (Å²) in [4.78, 5) is 13.6. The van der Waals surface area contributed by atoms with Gasteiger partial charge in [0.1, 0.15) is 17.7 Å². The molecule has 0 amide bonds. The molecule has 0 N–H and O–H groups in total. The van der Waals surface area contributed by atoms with Crippen LogP contribution in [0.3, 0.4) is 0 Å². The van der Waals surface area contributed by atoms with Gasteiger partial charge < -0.3 is 9.80 Å². The second-order valence-corrected chi connectivity index (χ2v) is 9.75. The molecule has 1 saturated heterocycles. The van der Waals surface area contributed by atoms with Crippen molar-refractivity contribution in [3.63, 3.8) is 0 Å². The molecule has 5 rings (SSSR count). The van der Waals surface area contributed by atoms with Crippen LogP contribution >= 0.6 is 0 Å². The summed E-state index contributed by atoms with van der Waals surface area (Å²) in [5.74, 6) is -1.36. The van der Waals surface area contributed by atoms with Crippen molar-refractivity contribution in [2.24, 2.45) is 0 Å². The largest absolute Gasteiger partial charge is 0.417 e. The SMILES string of the molecule is CN(C)C1CCN(c2nc(-c3ccc(C#N)c(F)c3)c3cc(-c4c(F)cccc4C(F)(F)F)ccc3n2)CC1. The summed E-state index contributed by atoms with van der Waals surface area (Å²) in [6.07, 6.45) is -2.99. The average Bonchev–Trinajstić information content (AvgIpc) is 2.91. The van der Waals surface area contributed by atoms with Gasteiger partial charge in [-0.25, -0.2) is 18.7 Å². The summed E-state index contributed by atoms with van der Waals surface area (Å²) in [7, 11) is 4.06. The van der Waals surface area contributed by atoms with E-state index in [-0.39, 0.29) is 16.8 Å². The molecule has 0 radical (unpaired) electrons. The maximum Gasteiger partial charge on any atom is 0.417 e. The van der Waals surface area contributed by atoms with Crippen LogP contribution in [0.4, 0.5) is 27.9 Å². The highest BCUT2D eigenvalue weighted by molar-refractivity contribution is 5.96. The zero-order valence-electron chi connectivity index (χ0n) is 21.2. The molecule has 1 fully saturated rings. The number of fused-ring (bicyclic) bond motifs is 1. The summed E-state index contributed by atoms with van der Waals surface area (Å²) >= 11 is 0. The van der Waals surface area contributed by atoms with E-state index in [1.165, 1.54) is 36.4 Å². The van der Waals surface area contributed by atoms with E-state index in [2.05, 4.69) is 9.88 Å². The van der Waals surface area contributed by atoms with Gasteiger partial charge in [0.25, 0.3) is 0 Å². The first-order valence-electron chi connectivity index (χ1n) is 12.4. The first-order valence-corrected chi connectivity index (χ1v) is 12.4. The van der Waals surface area contributed by atoms with Gasteiger partial charge in [-0.3, -0.25) is 0 Å². The fraction of sp³-hybridized carbons (Fsp3) is 0.276. The van der Waals surface area contributed by atoms with Crippen molar-refractivity contribution in [3.05, 3.63) is 77.4 Å². The van der Waals surface area contributed by atoms with Crippen molar-refractivity contribution < 1.29 is 22.0 Å². The molecule has 39 heavy (non-hydrogen) atoms. The Morgan fingerprint density at radius 1 is 0.923 bits per heavy atom. The van der Waals surface area contributed by atoms with E-state index < -0.39 is 28.9 Å². The van der Waals surface area contributed by atoms with Crippen molar-refractivity contribution in [2.45, 2.75) is 25.1 Å². The molecule has 5 nitrogen and oxygen atoms in total. The summed E-state index contributed by atoms with van der Waals surface area (Å²) < 4.78 is 70.7. The topological polar surface area (TPSA) is 56.0 Å². The number of aromatic nitrogens is 2. The molecule has 0 bridgehead atoms. The van der Waals surface area contributed by atoms with Gasteiger partial charge in [-0.2, -0.15) is 18.4 Å². The molecule has 0 spiro atoms. The molecule has 0 unspecified atom stereocenters. The number of anilines is 1. The molecule has 10 heteroatoms. The molecule has 1 aromatic heterocycles. The van der Waals surface area contributed by atoms with Gasteiger partial charge in [-0.05, 0) is 68.9 Å². The van der Waals surface area contributed by atoms with Crippen LogP contribution in [0.5, 0.6) is 0 Å². The molecule has 1 aliphatic rings. The molecule has 4 aromatic rings. The predicted molar refractivity (Wildman–Crippen MR) is 139 cm³/mol. The lowest BCUT2D eigenvalue weighted by atomic mass is 9.95. The fourth-order valence-electron chi connectivity index (χ4n) is 5.02. The molecule has 2 heterocycles. The Morgan fingerprint density at radius 2 is 1.64 bits per heavy atom. The predicted octanol–water partition coefficient (Wildman–Crippen LogP) is 6.66. The number of halogens is 5. The van der Waals surface area contributed by atoms with Gasteiger partial charge in [-0.15, -0.1) is 0 Å². The number of hydrogen-bond acceptors (Lipinski definition) is 5. The van der Waals surface area contributed by atoms with Crippen molar-refractivity contribution >= 4 is 16.9 Å². The summed E-state index contributed by atoms with van der Waals surface area (Å²) in [5, 5.41) is 9.49. The van der Waals surface area contributed by atoms with Gasteiger partial charge in [-0.1, -0.05) is 18.2 Å². The minimum Gasteiger partial charge on any atom is -0.341 e. The lowest BCUT2D eigenvalue weighted by Gasteiger charge is -2.35. The minimum atomic E-state index is -4.77. The molecular formula is C29H24F5N5. The molecular weight excluding hydrogens is 513 g/mol. The number of rotatable bonds is 4. The number of nitriles is 1. The lowest BCUT2D eigenvalue weighted by Crippen LogP contribution is -2.42. The molecule has 3 aromatic carbocycles. The zero-order chi connectivity index (χ0) is 27.9. The Hall–Kier alpha value is -4.10. The van der Waals surface area contributed by atoms with Gasteiger partial charge in [0.05, 0.1) is 22.3 Å². The van der Waals surface area contributed by atoms with Crippen LogP contribution < -0.4 is 4.90 Å². The third-order valence-electron chi connectivity index (χ3n) is 7.13. The van der Waals surface area contributed by atoms with Gasteiger partial charge in [0.2, 0.25) is 5.95 Å². The third-order valence-corrected chi connectivity index (χ3v) is 7.13. The van der Waals surface area contributed by atoms with E-state index in [0.29, 0.717) is 41.5 Å². The van der Waals surface area contributed by atoms with E-state index in [4.69, 9.17) is 10.2 Å². The molecule has 0 atom stereocenters. The maximum atomic E-state index is 14.8. The first kappa shape index (κ1) is 26.5. The van der Waals surface area contributed by atoms with Crippen molar-refractivity contribution in [1.82, 2.24) is 14.9 Å². The fourth-order valence-corrected chi connectivity index (χ4v) is 5.02. The summed E-state index contributed by atoms with van der Waals surface area (Å²) in [6, 6.07) is 13.4. The van der Waals surface area contributed by atoms with E-state index in [1.807, 2.05) is 19.0 Å².